The molecule has 2 aromatic heterocycles. The highest BCUT2D eigenvalue weighted by Crippen LogP contribution is 2.51. The van der Waals surface area contributed by atoms with Gasteiger partial charge in [0, 0.05) is 49.5 Å². The van der Waals surface area contributed by atoms with Crippen LogP contribution in [-0.2, 0) is 4.79 Å². The third kappa shape index (κ3) is 5.15. The average molecular weight is 722 g/mol. The topological polar surface area (TPSA) is 121 Å². The van der Waals surface area contributed by atoms with Gasteiger partial charge in [-0.2, -0.15) is 15.2 Å². The van der Waals surface area contributed by atoms with Crippen LogP contribution in [0.4, 0.5) is 24.0 Å². The molecule has 4 aliphatic rings. The molecule has 0 spiro atoms. The molecule has 258 valence electrons. The molecular formula is C35H31ClF3N7O3S. The van der Waals surface area contributed by atoms with Crippen molar-refractivity contribution in [3.63, 3.8) is 0 Å². The van der Waals surface area contributed by atoms with Gasteiger partial charge < -0.3 is 25.0 Å². The number of rotatable bonds is 6. The SMILES string of the molecule is CC#CC(=O)N1CC(CN2CCOc3c(Cl)c(-c4ccc(F)c5sc(N)c(C#N)c45)c(F)c4nc(OC[C@@]56CCCN5C[C@H](F)C6)nc2c34)C1. The molecule has 0 radical (unpaired) electrons. The van der Waals surface area contributed by atoms with Crippen molar-refractivity contribution < 1.29 is 27.4 Å². The van der Waals surface area contributed by atoms with Crippen LogP contribution in [0.2, 0.25) is 5.02 Å². The summed E-state index contributed by atoms with van der Waals surface area (Å²) in [5.74, 6) is 4.09. The molecule has 1 amide bonds. The third-order valence-corrected chi connectivity index (χ3v) is 11.6. The number of anilines is 2. The van der Waals surface area contributed by atoms with Crippen LogP contribution in [0.3, 0.4) is 0 Å². The van der Waals surface area contributed by atoms with E-state index in [1.807, 2.05) is 11.0 Å². The molecule has 0 unspecified atom stereocenters. The number of amides is 1. The number of nitrogens with two attached hydrogens (primary N) is 1. The largest absolute Gasteiger partial charge is 0.489 e. The number of benzene rings is 2. The Balaban J connectivity index is 1.27. The van der Waals surface area contributed by atoms with Crippen molar-refractivity contribution in [2.75, 3.05) is 63.1 Å². The molecule has 50 heavy (non-hydrogen) atoms. The van der Waals surface area contributed by atoms with Gasteiger partial charge in [-0.05, 0) is 43.9 Å². The van der Waals surface area contributed by atoms with Crippen LogP contribution in [0.25, 0.3) is 32.1 Å². The van der Waals surface area contributed by atoms with E-state index in [1.54, 1.807) is 11.8 Å². The Labute approximate surface area is 294 Å². The Hall–Kier alpha value is -4.50. The Morgan fingerprint density at radius 3 is 2.84 bits per heavy atom. The van der Waals surface area contributed by atoms with E-state index in [1.165, 1.54) is 12.1 Å². The maximum atomic E-state index is 17.2. The minimum Gasteiger partial charge on any atom is -0.489 e. The van der Waals surface area contributed by atoms with E-state index in [4.69, 9.17) is 31.8 Å². The van der Waals surface area contributed by atoms with Gasteiger partial charge in [0.15, 0.2) is 11.6 Å². The van der Waals surface area contributed by atoms with Crippen molar-refractivity contribution in [3.8, 4) is 40.8 Å². The number of nitriles is 1. The number of carbonyl (C=O) groups is 1. The highest BCUT2D eigenvalue weighted by molar-refractivity contribution is 7.23. The molecule has 3 saturated heterocycles. The number of aromatic nitrogens is 2. The number of hydrogen-bond donors (Lipinski definition) is 1. The van der Waals surface area contributed by atoms with Gasteiger partial charge >= 0.3 is 6.01 Å². The quantitative estimate of drug-likeness (QED) is 0.256. The predicted molar refractivity (Wildman–Crippen MR) is 184 cm³/mol. The van der Waals surface area contributed by atoms with Crippen molar-refractivity contribution in [2.24, 2.45) is 5.92 Å². The second-order valence-electron chi connectivity index (χ2n) is 13.2. The number of nitrogens with zero attached hydrogens (tertiary/aromatic N) is 6. The summed E-state index contributed by atoms with van der Waals surface area (Å²) in [6, 6.07) is 4.48. The zero-order chi connectivity index (χ0) is 34.9. The van der Waals surface area contributed by atoms with Gasteiger partial charge in [-0.15, -0.1) is 11.3 Å². The first kappa shape index (κ1) is 32.7. The van der Waals surface area contributed by atoms with Crippen LogP contribution in [0.15, 0.2) is 12.1 Å². The van der Waals surface area contributed by atoms with E-state index in [9.17, 15) is 18.8 Å². The lowest BCUT2D eigenvalue weighted by molar-refractivity contribution is -0.130. The summed E-state index contributed by atoms with van der Waals surface area (Å²) in [5, 5.41) is 10.3. The zero-order valence-corrected chi connectivity index (χ0v) is 28.6. The number of likely N-dealkylation sites (tertiary alicyclic amines) is 1. The summed E-state index contributed by atoms with van der Waals surface area (Å²) in [6.07, 6.45) is 1.04. The molecule has 4 aliphatic heterocycles. The first-order chi connectivity index (χ1) is 24.1. The van der Waals surface area contributed by atoms with Crippen molar-refractivity contribution in [2.45, 2.75) is 37.9 Å². The fourth-order valence-electron chi connectivity index (χ4n) is 7.95. The van der Waals surface area contributed by atoms with Crippen LogP contribution >= 0.6 is 22.9 Å². The number of carbonyl (C=O) groups excluding carboxylic acids is 1. The van der Waals surface area contributed by atoms with Crippen LogP contribution in [0.5, 0.6) is 11.8 Å². The molecule has 15 heteroatoms. The standard InChI is InChI=1S/C35H31ClF3N7O3S/c1-2-4-23(47)45-14-18(15-45)13-44-9-10-48-30-26-29(42-34(43-33(26)44)49-17-35-7-3-8-46(35)16-19(37)11-35)28(39)25(27(30)36)20-5-6-22(38)31-24(20)21(12-40)32(41)50-31/h5-6,18-19H,3,7-11,13-17,41H2,1H3/t19-,35+/m1/s1. The molecule has 2 N–H and O–H groups in total. The van der Waals surface area contributed by atoms with Crippen molar-refractivity contribution in [3.05, 3.63) is 34.4 Å². The summed E-state index contributed by atoms with van der Waals surface area (Å²) < 4.78 is 59.3. The third-order valence-electron chi connectivity index (χ3n) is 10.2. The Morgan fingerprint density at radius 1 is 1.24 bits per heavy atom. The second kappa shape index (κ2) is 12.4. The lowest BCUT2D eigenvalue weighted by Gasteiger charge is -2.40. The number of hydrogen-bond acceptors (Lipinski definition) is 10. The van der Waals surface area contributed by atoms with E-state index in [2.05, 4.69) is 21.7 Å². The predicted octanol–water partition coefficient (Wildman–Crippen LogP) is 5.53. The van der Waals surface area contributed by atoms with Gasteiger partial charge in [0.2, 0.25) is 0 Å². The van der Waals surface area contributed by atoms with Crippen LogP contribution in [-0.4, -0.2) is 89.9 Å². The molecular weight excluding hydrogens is 691 g/mol. The van der Waals surface area contributed by atoms with Gasteiger partial charge in [-0.25, -0.2) is 13.2 Å². The van der Waals surface area contributed by atoms with Gasteiger partial charge in [-0.1, -0.05) is 23.6 Å². The summed E-state index contributed by atoms with van der Waals surface area (Å²) in [4.78, 5) is 27.4. The number of ether oxygens (including phenoxy) is 2. The second-order valence-corrected chi connectivity index (χ2v) is 14.7. The monoisotopic (exact) mass is 721 g/mol. The van der Waals surface area contributed by atoms with Crippen molar-refractivity contribution >= 4 is 60.7 Å². The lowest BCUT2D eigenvalue weighted by Crippen LogP contribution is -2.54. The molecule has 2 atom stereocenters. The van der Waals surface area contributed by atoms with Gasteiger partial charge in [0.1, 0.15) is 47.6 Å². The molecule has 3 fully saturated rings. The smallest absolute Gasteiger partial charge is 0.319 e. The fraction of sp³-hybridized carbons (Fsp3) is 0.429. The average Bonchev–Trinajstić information content (AvgIpc) is 3.67. The van der Waals surface area contributed by atoms with Gasteiger partial charge in [-0.3, -0.25) is 9.69 Å². The Morgan fingerprint density at radius 2 is 2.06 bits per heavy atom. The molecule has 2 aromatic carbocycles. The molecule has 6 heterocycles. The number of halogens is 4. The maximum Gasteiger partial charge on any atom is 0.319 e. The number of alkyl halides is 1. The highest BCUT2D eigenvalue weighted by atomic mass is 35.5. The van der Waals surface area contributed by atoms with E-state index in [0.29, 0.717) is 45.0 Å². The summed E-state index contributed by atoms with van der Waals surface area (Å²) in [6.45, 7) is 4.83. The Kier molecular flexibility index (Phi) is 8.09. The maximum absolute atomic E-state index is 17.2. The van der Waals surface area contributed by atoms with Crippen molar-refractivity contribution in [1.29, 1.82) is 5.26 Å². The fourth-order valence-corrected chi connectivity index (χ4v) is 9.23. The molecule has 10 nitrogen and oxygen atoms in total. The summed E-state index contributed by atoms with van der Waals surface area (Å²) in [7, 11) is 0. The minimum atomic E-state index is -0.965. The van der Waals surface area contributed by atoms with Crippen LogP contribution < -0.4 is 20.1 Å². The normalized spacial score (nSPS) is 21.7. The number of nitrogen functional groups attached to an aromatic ring is 1. The van der Waals surface area contributed by atoms with Crippen LogP contribution in [0.1, 0.15) is 31.7 Å². The van der Waals surface area contributed by atoms with Crippen molar-refractivity contribution in [1.82, 2.24) is 19.8 Å². The van der Waals surface area contributed by atoms with Gasteiger partial charge in [0.05, 0.1) is 32.8 Å². The first-order valence-electron chi connectivity index (χ1n) is 16.4. The lowest BCUT2D eigenvalue weighted by atomic mass is 9.95. The molecule has 0 aliphatic carbocycles. The Bertz CT molecular complexity index is 2190. The highest BCUT2D eigenvalue weighted by Gasteiger charge is 2.49. The number of fused-ring (bicyclic) bond motifs is 2. The van der Waals surface area contributed by atoms with Gasteiger partial charge in [0.25, 0.3) is 5.91 Å². The van der Waals surface area contributed by atoms with E-state index in [-0.39, 0.29) is 84.5 Å². The summed E-state index contributed by atoms with van der Waals surface area (Å²) >= 11 is 7.91. The minimum absolute atomic E-state index is 0.0152. The molecule has 0 saturated carbocycles. The van der Waals surface area contributed by atoms with E-state index < -0.39 is 23.3 Å². The summed E-state index contributed by atoms with van der Waals surface area (Å²) in [5.41, 5.74) is 5.51. The molecule has 8 rings (SSSR count). The molecule has 4 aromatic rings. The number of thiophene rings is 1. The molecule has 0 bridgehead atoms. The zero-order valence-electron chi connectivity index (χ0n) is 27.0. The van der Waals surface area contributed by atoms with E-state index in [0.717, 1.165) is 30.7 Å². The van der Waals surface area contributed by atoms with Crippen LogP contribution in [0, 0.1) is 40.7 Å². The first-order valence-corrected chi connectivity index (χ1v) is 17.6. The van der Waals surface area contributed by atoms with E-state index >= 15 is 4.39 Å².